The quantitative estimate of drug-likeness (QED) is 0.620. The summed E-state index contributed by atoms with van der Waals surface area (Å²) in [5, 5.41) is 6.38. The second-order valence-electron chi connectivity index (χ2n) is 3.93. The summed E-state index contributed by atoms with van der Waals surface area (Å²) in [6.07, 6.45) is 0. The van der Waals surface area contributed by atoms with E-state index >= 15 is 0 Å². The highest BCUT2D eigenvalue weighted by Gasteiger charge is 1.99. The molecule has 1 amide bonds. The van der Waals surface area contributed by atoms with Gasteiger partial charge in [0, 0.05) is 6.92 Å². The Labute approximate surface area is 100 Å². The first-order chi connectivity index (χ1) is 8.16. The van der Waals surface area contributed by atoms with Crippen LogP contribution in [0.25, 0.3) is 10.8 Å². The average Bonchev–Trinajstić information content (AvgIpc) is 2.35. The fraction of sp³-hybridized carbons (Fsp3) is 0.143. The van der Waals surface area contributed by atoms with E-state index in [0.29, 0.717) is 0 Å². The molecule has 0 spiro atoms. The van der Waals surface area contributed by atoms with Crippen molar-refractivity contribution >= 4 is 22.4 Å². The van der Waals surface area contributed by atoms with Crippen LogP contribution in [0.3, 0.4) is 0 Å². The van der Waals surface area contributed by atoms with Crippen LogP contribution in [0.4, 0.5) is 0 Å². The van der Waals surface area contributed by atoms with E-state index in [1.807, 2.05) is 25.1 Å². The van der Waals surface area contributed by atoms with Crippen LogP contribution in [0.5, 0.6) is 0 Å². The van der Waals surface area contributed by atoms with E-state index in [1.165, 1.54) is 17.7 Å². The van der Waals surface area contributed by atoms with Crippen molar-refractivity contribution in [1.29, 1.82) is 0 Å². The lowest BCUT2D eigenvalue weighted by Crippen LogP contribution is -2.14. The normalized spacial score (nSPS) is 11.5. The van der Waals surface area contributed by atoms with Crippen LogP contribution in [0.1, 0.15) is 19.4 Å². The summed E-state index contributed by atoms with van der Waals surface area (Å²) in [5.74, 6) is -0.162. The molecule has 0 unspecified atom stereocenters. The van der Waals surface area contributed by atoms with Gasteiger partial charge in [0.2, 0.25) is 5.91 Å². The van der Waals surface area contributed by atoms with Crippen LogP contribution in [0, 0.1) is 0 Å². The zero-order chi connectivity index (χ0) is 12.3. The fourth-order valence-electron chi connectivity index (χ4n) is 1.64. The van der Waals surface area contributed by atoms with Crippen molar-refractivity contribution in [1.82, 2.24) is 5.43 Å². The molecule has 0 heterocycles. The summed E-state index contributed by atoms with van der Waals surface area (Å²) >= 11 is 0. The molecule has 3 nitrogen and oxygen atoms in total. The molecule has 0 saturated carbocycles. The first-order valence-electron chi connectivity index (χ1n) is 5.47. The third-order valence-electron chi connectivity index (χ3n) is 2.55. The van der Waals surface area contributed by atoms with E-state index in [4.69, 9.17) is 0 Å². The zero-order valence-corrected chi connectivity index (χ0v) is 9.90. The van der Waals surface area contributed by atoms with Gasteiger partial charge in [-0.1, -0.05) is 36.4 Å². The minimum absolute atomic E-state index is 0.162. The van der Waals surface area contributed by atoms with Gasteiger partial charge in [0.1, 0.15) is 0 Å². The Morgan fingerprint density at radius 3 is 2.47 bits per heavy atom. The molecule has 0 atom stereocenters. The van der Waals surface area contributed by atoms with Gasteiger partial charge in [0.15, 0.2) is 0 Å². The standard InChI is InChI=1S/C14H14N2O/c1-10(15-16-11(2)17)13-8-7-12-5-3-4-6-14(12)9-13/h3-9H,1-2H3,(H,16,17). The van der Waals surface area contributed by atoms with E-state index in [-0.39, 0.29) is 5.91 Å². The molecule has 0 bridgehead atoms. The molecule has 86 valence electrons. The zero-order valence-electron chi connectivity index (χ0n) is 9.90. The summed E-state index contributed by atoms with van der Waals surface area (Å²) in [5.41, 5.74) is 4.25. The summed E-state index contributed by atoms with van der Waals surface area (Å²) < 4.78 is 0. The highest BCUT2D eigenvalue weighted by Crippen LogP contribution is 2.15. The molecular formula is C14H14N2O. The van der Waals surface area contributed by atoms with Gasteiger partial charge in [-0.25, -0.2) is 5.43 Å². The topological polar surface area (TPSA) is 41.5 Å². The predicted molar refractivity (Wildman–Crippen MR) is 70.0 cm³/mol. The largest absolute Gasteiger partial charge is 0.274 e. The maximum absolute atomic E-state index is 10.8. The van der Waals surface area contributed by atoms with Crippen molar-refractivity contribution in [3.8, 4) is 0 Å². The van der Waals surface area contributed by atoms with Gasteiger partial charge < -0.3 is 0 Å². The highest BCUT2D eigenvalue weighted by atomic mass is 16.2. The summed E-state index contributed by atoms with van der Waals surface area (Å²) in [6, 6.07) is 14.3. The van der Waals surface area contributed by atoms with Gasteiger partial charge in [0.25, 0.3) is 0 Å². The van der Waals surface area contributed by atoms with Gasteiger partial charge in [-0.2, -0.15) is 5.10 Å². The number of rotatable bonds is 2. The lowest BCUT2D eigenvalue weighted by molar-refractivity contribution is -0.118. The lowest BCUT2D eigenvalue weighted by Gasteiger charge is -2.03. The highest BCUT2D eigenvalue weighted by molar-refractivity contribution is 6.02. The number of amides is 1. The number of hydrogen-bond donors (Lipinski definition) is 1. The van der Waals surface area contributed by atoms with Crippen LogP contribution in [0.15, 0.2) is 47.6 Å². The van der Waals surface area contributed by atoms with Crippen LogP contribution in [-0.4, -0.2) is 11.6 Å². The Hall–Kier alpha value is -2.16. The molecule has 0 fully saturated rings. The Balaban J connectivity index is 2.36. The van der Waals surface area contributed by atoms with Crippen molar-refractivity contribution in [2.75, 3.05) is 0 Å². The number of nitrogens with one attached hydrogen (secondary N) is 1. The van der Waals surface area contributed by atoms with Crippen molar-refractivity contribution in [2.24, 2.45) is 5.10 Å². The lowest BCUT2D eigenvalue weighted by atomic mass is 10.0. The van der Waals surface area contributed by atoms with E-state index < -0.39 is 0 Å². The summed E-state index contributed by atoms with van der Waals surface area (Å²) in [6.45, 7) is 3.32. The monoisotopic (exact) mass is 226 g/mol. The minimum Gasteiger partial charge on any atom is -0.274 e. The van der Waals surface area contributed by atoms with Gasteiger partial charge in [-0.3, -0.25) is 4.79 Å². The third kappa shape index (κ3) is 2.69. The molecule has 2 rings (SSSR count). The summed E-state index contributed by atoms with van der Waals surface area (Å²) in [7, 11) is 0. The number of fused-ring (bicyclic) bond motifs is 1. The molecule has 2 aromatic carbocycles. The van der Waals surface area contributed by atoms with Gasteiger partial charge in [-0.15, -0.1) is 0 Å². The Bertz CT molecular complexity index is 588. The van der Waals surface area contributed by atoms with Crippen molar-refractivity contribution in [2.45, 2.75) is 13.8 Å². The molecule has 0 aliphatic heterocycles. The number of nitrogens with zero attached hydrogens (tertiary/aromatic N) is 1. The number of hydrazone groups is 1. The van der Waals surface area contributed by atoms with Crippen LogP contribution >= 0.6 is 0 Å². The minimum atomic E-state index is -0.162. The molecular weight excluding hydrogens is 212 g/mol. The van der Waals surface area contributed by atoms with Crippen LogP contribution < -0.4 is 5.43 Å². The summed E-state index contributed by atoms with van der Waals surface area (Å²) in [4.78, 5) is 10.8. The number of carbonyl (C=O) groups excluding carboxylic acids is 1. The molecule has 1 N–H and O–H groups in total. The van der Waals surface area contributed by atoms with E-state index in [0.717, 1.165) is 11.3 Å². The molecule has 0 aliphatic rings. The van der Waals surface area contributed by atoms with E-state index in [9.17, 15) is 4.79 Å². The van der Waals surface area contributed by atoms with Crippen LogP contribution in [0.2, 0.25) is 0 Å². The SMILES string of the molecule is CC(=O)NN=C(C)c1ccc2ccccc2c1. The van der Waals surface area contributed by atoms with Gasteiger partial charge in [-0.05, 0) is 29.3 Å². The Kier molecular flexibility index (Phi) is 3.19. The van der Waals surface area contributed by atoms with Gasteiger partial charge in [0.05, 0.1) is 5.71 Å². The number of benzene rings is 2. The number of carbonyl (C=O) groups is 1. The van der Waals surface area contributed by atoms with Crippen molar-refractivity contribution in [3.63, 3.8) is 0 Å². The molecule has 0 aliphatic carbocycles. The molecule has 3 heteroatoms. The molecule has 2 aromatic rings. The van der Waals surface area contributed by atoms with Crippen LogP contribution in [-0.2, 0) is 4.79 Å². The smallest absolute Gasteiger partial charge is 0.236 e. The van der Waals surface area contributed by atoms with Crippen molar-refractivity contribution in [3.05, 3.63) is 48.0 Å². The first kappa shape index (κ1) is 11.3. The fourth-order valence-corrected chi connectivity index (χ4v) is 1.64. The Morgan fingerprint density at radius 2 is 1.76 bits per heavy atom. The average molecular weight is 226 g/mol. The molecule has 17 heavy (non-hydrogen) atoms. The molecule has 0 radical (unpaired) electrons. The maximum atomic E-state index is 10.8. The molecule has 0 saturated heterocycles. The Morgan fingerprint density at radius 1 is 1.06 bits per heavy atom. The third-order valence-corrected chi connectivity index (χ3v) is 2.55. The van der Waals surface area contributed by atoms with E-state index in [1.54, 1.807) is 0 Å². The van der Waals surface area contributed by atoms with Gasteiger partial charge >= 0.3 is 0 Å². The van der Waals surface area contributed by atoms with Crippen molar-refractivity contribution < 1.29 is 4.79 Å². The second-order valence-corrected chi connectivity index (χ2v) is 3.93. The molecule has 0 aromatic heterocycles. The first-order valence-corrected chi connectivity index (χ1v) is 5.47. The maximum Gasteiger partial charge on any atom is 0.236 e. The second kappa shape index (κ2) is 4.78. The van der Waals surface area contributed by atoms with E-state index in [2.05, 4.69) is 34.8 Å². The number of hydrogen-bond acceptors (Lipinski definition) is 2. The predicted octanol–water partition coefficient (Wildman–Crippen LogP) is 2.70.